The minimum absolute atomic E-state index is 0.781. The summed E-state index contributed by atoms with van der Waals surface area (Å²) < 4.78 is 5.50. The van der Waals surface area contributed by atoms with Crippen LogP contribution in [0.25, 0.3) is 0 Å². The minimum atomic E-state index is 0.781. The van der Waals surface area contributed by atoms with Crippen molar-refractivity contribution in [3.8, 4) is 5.75 Å². The number of benzene rings is 1. The molecule has 1 saturated heterocycles. The number of nitrogens with two attached hydrogens (primary N) is 1. The Balaban J connectivity index is 1.77. The fourth-order valence-corrected chi connectivity index (χ4v) is 4.07. The van der Waals surface area contributed by atoms with Gasteiger partial charge in [-0.05, 0) is 56.3 Å². The fourth-order valence-electron chi connectivity index (χ4n) is 4.07. The highest BCUT2D eigenvalue weighted by molar-refractivity contribution is 5.47. The van der Waals surface area contributed by atoms with Crippen LogP contribution >= 0.6 is 0 Å². The zero-order valence-electron chi connectivity index (χ0n) is 12.5. The van der Waals surface area contributed by atoms with Crippen LogP contribution in [0.2, 0.25) is 0 Å². The zero-order valence-corrected chi connectivity index (χ0v) is 12.5. The van der Waals surface area contributed by atoms with Crippen molar-refractivity contribution in [2.75, 3.05) is 19.4 Å². The first-order valence-electron chi connectivity index (χ1n) is 7.94. The van der Waals surface area contributed by atoms with Crippen molar-refractivity contribution in [3.05, 3.63) is 23.8 Å². The molecule has 2 atom stereocenters. The average Bonchev–Trinajstić information content (AvgIpc) is 2.48. The molecule has 0 spiro atoms. The first kappa shape index (κ1) is 13.7. The molecule has 1 aromatic carbocycles. The van der Waals surface area contributed by atoms with Crippen LogP contribution in [-0.4, -0.2) is 24.6 Å². The highest BCUT2D eigenvalue weighted by Crippen LogP contribution is 2.36. The molecule has 0 amide bonds. The summed E-state index contributed by atoms with van der Waals surface area (Å²) in [6.45, 7) is 2.20. The second-order valence-electron chi connectivity index (χ2n) is 6.30. The van der Waals surface area contributed by atoms with E-state index in [-0.39, 0.29) is 0 Å². The molecule has 0 radical (unpaired) electrons. The Kier molecular flexibility index (Phi) is 4.16. The Morgan fingerprint density at radius 2 is 2.00 bits per heavy atom. The molecular weight excluding hydrogens is 248 g/mol. The number of hydrogen-bond donors (Lipinski definition) is 1. The van der Waals surface area contributed by atoms with Gasteiger partial charge in [-0.1, -0.05) is 12.8 Å². The molecule has 2 aliphatic rings. The van der Waals surface area contributed by atoms with Crippen molar-refractivity contribution >= 4 is 5.69 Å². The second kappa shape index (κ2) is 6.04. The maximum absolute atomic E-state index is 5.95. The first-order chi connectivity index (χ1) is 9.78. The van der Waals surface area contributed by atoms with Gasteiger partial charge in [0.15, 0.2) is 0 Å². The number of rotatable bonds is 3. The Labute approximate surface area is 122 Å². The Morgan fingerprint density at radius 3 is 2.85 bits per heavy atom. The number of nitrogen functional groups attached to an aromatic ring is 1. The minimum Gasteiger partial charge on any atom is -0.496 e. The van der Waals surface area contributed by atoms with E-state index in [2.05, 4.69) is 11.0 Å². The molecule has 2 N–H and O–H groups in total. The van der Waals surface area contributed by atoms with Gasteiger partial charge in [0.1, 0.15) is 5.75 Å². The molecular formula is C17H26N2O. The third-order valence-corrected chi connectivity index (χ3v) is 5.04. The van der Waals surface area contributed by atoms with E-state index in [0.29, 0.717) is 0 Å². The van der Waals surface area contributed by atoms with Crippen LogP contribution in [-0.2, 0) is 6.54 Å². The van der Waals surface area contributed by atoms with Crippen LogP contribution in [0.4, 0.5) is 5.69 Å². The SMILES string of the molecule is COc1ccc(N)cc1CN1CCCC2CCCCC21. The molecule has 3 nitrogen and oxygen atoms in total. The molecule has 1 saturated carbocycles. The van der Waals surface area contributed by atoms with Crippen molar-refractivity contribution in [2.45, 2.75) is 51.1 Å². The molecule has 3 rings (SSSR count). The van der Waals surface area contributed by atoms with Crippen molar-refractivity contribution in [1.29, 1.82) is 0 Å². The van der Waals surface area contributed by atoms with E-state index in [1.54, 1.807) is 7.11 Å². The third-order valence-electron chi connectivity index (χ3n) is 5.04. The number of methoxy groups -OCH3 is 1. The maximum atomic E-state index is 5.95. The van der Waals surface area contributed by atoms with Gasteiger partial charge in [0.2, 0.25) is 0 Å². The van der Waals surface area contributed by atoms with E-state index in [4.69, 9.17) is 10.5 Å². The van der Waals surface area contributed by atoms with E-state index >= 15 is 0 Å². The van der Waals surface area contributed by atoms with Gasteiger partial charge in [0.25, 0.3) is 0 Å². The van der Waals surface area contributed by atoms with Crippen molar-refractivity contribution in [3.63, 3.8) is 0 Å². The summed E-state index contributed by atoms with van der Waals surface area (Å²) in [6, 6.07) is 6.77. The molecule has 1 heterocycles. The predicted molar refractivity (Wildman–Crippen MR) is 82.8 cm³/mol. The number of hydrogen-bond acceptors (Lipinski definition) is 3. The molecule has 2 fully saturated rings. The van der Waals surface area contributed by atoms with Crippen molar-refractivity contribution in [2.24, 2.45) is 5.92 Å². The Morgan fingerprint density at radius 1 is 1.20 bits per heavy atom. The van der Waals surface area contributed by atoms with Gasteiger partial charge >= 0.3 is 0 Å². The van der Waals surface area contributed by atoms with E-state index in [1.807, 2.05) is 12.1 Å². The molecule has 110 valence electrons. The van der Waals surface area contributed by atoms with Crippen molar-refractivity contribution in [1.82, 2.24) is 4.90 Å². The molecule has 0 aromatic heterocycles. The van der Waals surface area contributed by atoms with Gasteiger partial charge in [-0.3, -0.25) is 4.90 Å². The molecule has 1 aliphatic heterocycles. The highest BCUT2D eigenvalue weighted by Gasteiger charge is 2.33. The van der Waals surface area contributed by atoms with Gasteiger partial charge in [0, 0.05) is 23.8 Å². The lowest BCUT2D eigenvalue weighted by Gasteiger charge is -2.44. The standard InChI is InChI=1S/C17H26N2O/c1-20-17-9-8-15(18)11-14(17)12-19-10-4-6-13-5-2-3-7-16(13)19/h8-9,11,13,16H,2-7,10,12,18H2,1H3. The van der Waals surface area contributed by atoms with Crippen LogP contribution in [0.5, 0.6) is 5.75 Å². The van der Waals surface area contributed by atoms with Crippen LogP contribution in [0.15, 0.2) is 18.2 Å². The van der Waals surface area contributed by atoms with Gasteiger partial charge in [-0.2, -0.15) is 0 Å². The topological polar surface area (TPSA) is 38.5 Å². The molecule has 2 unspecified atom stereocenters. The largest absolute Gasteiger partial charge is 0.496 e. The summed E-state index contributed by atoms with van der Waals surface area (Å²) in [5.41, 5.74) is 8.01. The number of anilines is 1. The van der Waals surface area contributed by atoms with Gasteiger partial charge in [-0.15, -0.1) is 0 Å². The van der Waals surface area contributed by atoms with Crippen molar-refractivity contribution < 1.29 is 4.74 Å². The first-order valence-corrected chi connectivity index (χ1v) is 7.94. The zero-order chi connectivity index (χ0) is 13.9. The lowest BCUT2D eigenvalue weighted by atomic mass is 9.78. The summed E-state index contributed by atoms with van der Waals surface area (Å²) >= 11 is 0. The number of likely N-dealkylation sites (tertiary alicyclic amines) is 1. The van der Waals surface area contributed by atoms with Crippen LogP contribution < -0.4 is 10.5 Å². The van der Waals surface area contributed by atoms with E-state index in [9.17, 15) is 0 Å². The maximum Gasteiger partial charge on any atom is 0.123 e. The number of nitrogens with zero attached hydrogens (tertiary/aromatic N) is 1. The normalized spacial score (nSPS) is 27.1. The molecule has 0 bridgehead atoms. The van der Waals surface area contributed by atoms with E-state index in [0.717, 1.165) is 29.9 Å². The van der Waals surface area contributed by atoms with Gasteiger partial charge in [0.05, 0.1) is 7.11 Å². The smallest absolute Gasteiger partial charge is 0.123 e. The van der Waals surface area contributed by atoms with Crippen LogP contribution in [0.3, 0.4) is 0 Å². The van der Waals surface area contributed by atoms with Crippen LogP contribution in [0.1, 0.15) is 44.1 Å². The lowest BCUT2D eigenvalue weighted by molar-refractivity contribution is 0.0541. The summed E-state index contributed by atoms with van der Waals surface area (Å²) in [4.78, 5) is 2.67. The fraction of sp³-hybridized carbons (Fsp3) is 0.647. The van der Waals surface area contributed by atoms with Crippen LogP contribution in [0, 0.1) is 5.92 Å². The monoisotopic (exact) mass is 274 g/mol. The average molecular weight is 274 g/mol. The highest BCUT2D eigenvalue weighted by atomic mass is 16.5. The molecule has 3 heteroatoms. The molecule has 20 heavy (non-hydrogen) atoms. The Bertz CT molecular complexity index is 458. The quantitative estimate of drug-likeness (QED) is 0.858. The summed E-state index contributed by atoms with van der Waals surface area (Å²) in [7, 11) is 1.74. The van der Waals surface area contributed by atoms with E-state index < -0.39 is 0 Å². The predicted octanol–water partition coefficient (Wildman–Crippen LogP) is 3.43. The third kappa shape index (κ3) is 2.78. The molecule has 1 aliphatic carbocycles. The summed E-state index contributed by atoms with van der Waals surface area (Å²) in [5.74, 6) is 1.89. The number of fused-ring (bicyclic) bond motifs is 1. The summed E-state index contributed by atoms with van der Waals surface area (Å²) in [5, 5.41) is 0. The number of piperidine rings is 1. The van der Waals surface area contributed by atoms with Gasteiger partial charge in [-0.25, -0.2) is 0 Å². The Hall–Kier alpha value is -1.22. The second-order valence-corrected chi connectivity index (χ2v) is 6.30. The number of ether oxygens (including phenoxy) is 1. The lowest BCUT2D eigenvalue weighted by Crippen LogP contribution is -2.46. The molecule has 1 aromatic rings. The van der Waals surface area contributed by atoms with Gasteiger partial charge < -0.3 is 10.5 Å². The summed E-state index contributed by atoms with van der Waals surface area (Å²) in [6.07, 6.45) is 8.38. The van der Waals surface area contributed by atoms with E-state index in [1.165, 1.54) is 50.6 Å².